The van der Waals surface area contributed by atoms with Crippen LogP contribution in [0.5, 0.6) is 5.75 Å². The van der Waals surface area contributed by atoms with Crippen molar-refractivity contribution in [2.75, 3.05) is 25.2 Å². The number of aryl methyl sites for hydroxylation is 1. The molecule has 0 atom stereocenters. The second-order valence-corrected chi connectivity index (χ2v) is 9.76. The quantitative estimate of drug-likeness (QED) is 0.553. The van der Waals surface area contributed by atoms with Gasteiger partial charge in [0.15, 0.2) is 5.13 Å². The Morgan fingerprint density at radius 2 is 1.77 bits per heavy atom. The van der Waals surface area contributed by atoms with Crippen molar-refractivity contribution in [3.05, 3.63) is 64.5 Å². The number of anilines is 1. The third-order valence-electron chi connectivity index (χ3n) is 4.37. The lowest BCUT2D eigenvalue weighted by molar-refractivity contribution is 0.102. The maximum Gasteiger partial charge on any atom is 0.257 e. The van der Waals surface area contributed by atoms with Crippen LogP contribution in [0.15, 0.2) is 48.5 Å². The van der Waals surface area contributed by atoms with Crippen LogP contribution in [-0.4, -0.2) is 39.2 Å². The average molecular weight is 446 g/mol. The van der Waals surface area contributed by atoms with Gasteiger partial charge in [0.1, 0.15) is 5.75 Å². The van der Waals surface area contributed by atoms with Crippen molar-refractivity contribution in [3.8, 4) is 17.0 Å². The Hall–Kier alpha value is -2.75. The van der Waals surface area contributed by atoms with Gasteiger partial charge in [-0.05, 0) is 55.3 Å². The SMILES string of the molecule is COc1ccc(-c2nc(NC(=O)c3ccc(CCNS(C)(=O)=O)cc3)sc2C)cc1. The highest BCUT2D eigenvalue weighted by atomic mass is 32.2. The minimum absolute atomic E-state index is 0.245. The predicted octanol–water partition coefficient (Wildman–Crippen LogP) is 3.47. The summed E-state index contributed by atoms with van der Waals surface area (Å²) in [5.74, 6) is 0.529. The molecule has 2 aromatic carbocycles. The zero-order valence-corrected chi connectivity index (χ0v) is 18.6. The van der Waals surface area contributed by atoms with Crippen LogP contribution >= 0.6 is 11.3 Å². The number of carbonyl (C=O) groups is 1. The minimum atomic E-state index is -3.20. The molecule has 1 aromatic heterocycles. The number of ether oxygens (including phenoxy) is 1. The molecule has 0 saturated heterocycles. The number of aromatic nitrogens is 1. The highest BCUT2D eigenvalue weighted by molar-refractivity contribution is 7.88. The van der Waals surface area contributed by atoms with E-state index in [1.54, 1.807) is 19.2 Å². The van der Waals surface area contributed by atoms with Crippen LogP contribution in [0.25, 0.3) is 11.3 Å². The standard InChI is InChI=1S/C21H23N3O4S2/c1-14-19(16-8-10-18(28-2)11-9-16)23-21(29-14)24-20(25)17-6-4-15(5-7-17)12-13-22-30(3,26)27/h4-11,22H,12-13H2,1-3H3,(H,23,24,25). The highest BCUT2D eigenvalue weighted by Gasteiger charge is 2.13. The zero-order chi connectivity index (χ0) is 21.7. The Balaban J connectivity index is 1.64. The van der Waals surface area contributed by atoms with Gasteiger partial charge in [-0.25, -0.2) is 18.1 Å². The first-order chi connectivity index (χ1) is 14.2. The summed E-state index contributed by atoms with van der Waals surface area (Å²) in [4.78, 5) is 18.1. The molecule has 158 valence electrons. The van der Waals surface area contributed by atoms with Gasteiger partial charge in [0.05, 0.1) is 19.1 Å². The van der Waals surface area contributed by atoms with Gasteiger partial charge in [-0.1, -0.05) is 12.1 Å². The molecular formula is C21H23N3O4S2. The summed E-state index contributed by atoms with van der Waals surface area (Å²) in [6.45, 7) is 2.28. The van der Waals surface area contributed by atoms with Gasteiger partial charge in [0.25, 0.3) is 5.91 Å². The van der Waals surface area contributed by atoms with Gasteiger partial charge >= 0.3 is 0 Å². The summed E-state index contributed by atoms with van der Waals surface area (Å²) in [6.07, 6.45) is 1.67. The molecule has 0 bridgehead atoms. The zero-order valence-electron chi connectivity index (χ0n) is 16.9. The van der Waals surface area contributed by atoms with Crippen LogP contribution in [0.3, 0.4) is 0 Å². The fraction of sp³-hybridized carbons (Fsp3) is 0.238. The van der Waals surface area contributed by atoms with Gasteiger partial charge in [0.2, 0.25) is 10.0 Å². The lowest BCUT2D eigenvalue weighted by Crippen LogP contribution is -2.24. The molecule has 1 amide bonds. The number of amides is 1. The molecule has 3 rings (SSSR count). The number of thiazole rings is 1. The van der Waals surface area contributed by atoms with Crippen molar-refractivity contribution >= 4 is 32.4 Å². The van der Waals surface area contributed by atoms with E-state index in [9.17, 15) is 13.2 Å². The lowest BCUT2D eigenvalue weighted by Gasteiger charge is -2.05. The van der Waals surface area contributed by atoms with Crippen molar-refractivity contribution in [3.63, 3.8) is 0 Å². The maximum absolute atomic E-state index is 12.6. The van der Waals surface area contributed by atoms with E-state index in [-0.39, 0.29) is 5.91 Å². The van der Waals surface area contributed by atoms with Crippen LogP contribution in [0.1, 0.15) is 20.8 Å². The first-order valence-electron chi connectivity index (χ1n) is 9.22. The van der Waals surface area contributed by atoms with Crippen LogP contribution in [0, 0.1) is 6.92 Å². The monoisotopic (exact) mass is 445 g/mol. The molecular weight excluding hydrogens is 422 g/mol. The van der Waals surface area contributed by atoms with E-state index in [2.05, 4.69) is 15.0 Å². The smallest absolute Gasteiger partial charge is 0.257 e. The number of nitrogens with one attached hydrogen (secondary N) is 2. The second kappa shape index (κ2) is 9.38. The van der Waals surface area contributed by atoms with Gasteiger partial charge in [0, 0.05) is 22.5 Å². The molecule has 0 aliphatic heterocycles. The Labute approximate surface area is 180 Å². The number of nitrogens with zero attached hydrogens (tertiary/aromatic N) is 1. The molecule has 0 aliphatic carbocycles. The molecule has 0 radical (unpaired) electrons. The molecule has 2 N–H and O–H groups in total. The second-order valence-electron chi connectivity index (χ2n) is 6.72. The average Bonchev–Trinajstić information content (AvgIpc) is 3.07. The van der Waals surface area contributed by atoms with Crippen LogP contribution in [0.4, 0.5) is 5.13 Å². The van der Waals surface area contributed by atoms with E-state index >= 15 is 0 Å². The molecule has 3 aromatic rings. The van der Waals surface area contributed by atoms with Crippen molar-refractivity contribution in [2.24, 2.45) is 0 Å². The minimum Gasteiger partial charge on any atom is -0.497 e. The first-order valence-corrected chi connectivity index (χ1v) is 11.9. The predicted molar refractivity (Wildman–Crippen MR) is 120 cm³/mol. The van der Waals surface area contributed by atoms with E-state index < -0.39 is 10.0 Å². The number of carbonyl (C=O) groups excluding carboxylic acids is 1. The Kier molecular flexibility index (Phi) is 6.86. The number of hydrogen-bond donors (Lipinski definition) is 2. The largest absolute Gasteiger partial charge is 0.497 e. The third kappa shape index (κ3) is 5.88. The van der Waals surface area contributed by atoms with Crippen molar-refractivity contribution in [2.45, 2.75) is 13.3 Å². The van der Waals surface area contributed by atoms with E-state index in [0.29, 0.717) is 23.7 Å². The highest BCUT2D eigenvalue weighted by Crippen LogP contribution is 2.31. The van der Waals surface area contributed by atoms with Gasteiger partial charge in [-0.15, -0.1) is 11.3 Å². The molecule has 0 unspecified atom stereocenters. The fourth-order valence-electron chi connectivity index (χ4n) is 2.84. The normalized spacial score (nSPS) is 11.3. The van der Waals surface area contributed by atoms with Crippen molar-refractivity contribution < 1.29 is 17.9 Å². The lowest BCUT2D eigenvalue weighted by atomic mass is 10.1. The molecule has 1 heterocycles. The van der Waals surface area contributed by atoms with Gasteiger partial charge < -0.3 is 4.74 Å². The van der Waals surface area contributed by atoms with Gasteiger partial charge in [-0.2, -0.15) is 0 Å². The van der Waals surface area contributed by atoms with E-state index in [0.717, 1.165) is 33.7 Å². The summed E-state index contributed by atoms with van der Waals surface area (Å²) in [7, 11) is -1.58. The maximum atomic E-state index is 12.6. The summed E-state index contributed by atoms with van der Waals surface area (Å²) < 4.78 is 29.8. The molecule has 0 fully saturated rings. The molecule has 0 saturated carbocycles. The fourth-order valence-corrected chi connectivity index (χ4v) is 4.14. The summed E-state index contributed by atoms with van der Waals surface area (Å²) in [5.41, 5.74) is 3.23. The van der Waals surface area contributed by atoms with Crippen molar-refractivity contribution in [1.82, 2.24) is 9.71 Å². The molecule has 30 heavy (non-hydrogen) atoms. The topological polar surface area (TPSA) is 97.4 Å². The third-order valence-corrected chi connectivity index (χ3v) is 5.99. The molecule has 7 nitrogen and oxygen atoms in total. The molecule has 9 heteroatoms. The Morgan fingerprint density at radius 1 is 1.10 bits per heavy atom. The van der Waals surface area contributed by atoms with Crippen LogP contribution in [-0.2, 0) is 16.4 Å². The summed E-state index contributed by atoms with van der Waals surface area (Å²) in [6, 6.07) is 14.7. The molecule has 0 aliphatic rings. The van der Waals surface area contributed by atoms with E-state index in [1.165, 1.54) is 11.3 Å². The number of sulfonamides is 1. The van der Waals surface area contributed by atoms with E-state index in [1.807, 2.05) is 43.3 Å². The summed E-state index contributed by atoms with van der Waals surface area (Å²) >= 11 is 1.42. The van der Waals surface area contributed by atoms with E-state index in [4.69, 9.17) is 4.74 Å². The number of methoxy groups -OCH3 is 1. The Bertz CT molecular complexity index is 1120. The van der Waals surface area contributed by atoms with Crippen LogP contribution < -0.4 is 14.8 Å². The molecule has 0 spiro atoms. The summed E-state index contributed by atoms with van der Waals surface area (Å²) in [5, 5.41) is 3.38. The van der Waals surface area contributed by atoms with Crippen molar-refractivity contribution in [1.29, 1.82) is 0 Å². The number of rotatable bonds is 8. The number of benzene rings is 2. The number of hydrogen-bond acceptors (Lipinski definition) is 6. The van der Waals surface area contributed by atoms with Gasteiger partial charge in [-0.3, -0.25) is 10.1 Å². The Morgan fingerprint density at radius 3 is 2.37 bits per heavy atom. The first kappa shape index (κ1) is 21.9. The van der Waals surface area contributed by atoms with Crippen LogP contribution in [0.2, 0.25) is 0 Å².